The fraction of sp³-hybridized carbons (Fsp3) is 0.692. The van der Waals surface area contributed by atoms with Gasteiger partial charge in [-0.25, -0.2) is 4.98 Å². The van der Waals surface area contributed by atoms with Gasteiger partial charge in [0, 0.05) is 38.9 Å². The van der Waals surface area contributed by atoms with E-state index in [1.54, 1.807) is 7.11 Å². The van der Waals surface area contributed by atoms with Crippen LogP contribution in [0.5, 0.6) is 0 Å². The molecule has 0 bridgehead atoms. The van der Waals surface area contributed by atoms with Gasteiger partial charge in [0.25, 0.3) is 0 Å². The minimum atomic E-state index is 0.0256. The molecule has 1 aliphatic rings. The lowest BCUT2D eigenvalue weighted by Crippen LogP contribution is -2.37. The Morgan fingerprint density at radius 3 is 3.11 bits per heavy atom. The van der Waals surface area contributed by atoms with Crippen molar-refractivity contribution in [1.82, 2.24) is 14.5 Å². The van der Waals surface area contributed by atoms with Gasteiger partial charge in [0.15, 0.2) is 0 Å². The first-order valence-electron chi connectivity index (χ1n) is 6.58. The molecule has 1 amide bonds. The molecule has 0 aromatic carbocycles. The summed E-state index contributed by atoms with van der Waals surface area (Å²) in [5, 5.41) is 0. The third-order valence-electron chi connectivity index (χ3n) is 3.27. The van der Waals surface area contributed by atoms with E-state index in [1.165, 1.54) is 0 Å². The number of fused-ring (bicyclic) bond motifs is 1. The molecule has 0 spiro atoms. The number of carbonyl (C=O) groups is 1. The van der Waals surface area contributed by atoms with E-state index in [0.29, 0.717) is 26.3 Å². The number of aromatic nitrogens is 2. The minimum Gasteiger partial charge on any atom is -0.384 e. The zero-order valence-corrected chi connectivity index (χ0v) is 11.5. The maximum atomic E-state index is 12.1. The van der Waals surface area contributed by atoms with Gasteiger partial charge < -0.3 is 18.9 Å². The monoisotopic (exact) mass is 267 g/mol. The average Bonchev–Trinajstić information content (AvgIpc) is 2.75. The van der Waals surface area contributed by atoms with Crippen LogP contribution in [-0.4, -0.2) is 53.8 Å². The predicted molar refractivity (Wildman–Crippen MR) is 69.5 cm³/mol. The van der Waals surface area contributed by atoms with Crippen LogP contribution in [0.4, 0.5) is 0 Å². The number of amides is 1. The van der Waals surface area contributed by atoms with Gasteiger partial charge in [-0.2, -0.15) is 0 Å². The summed E-state index contributed by atoms with van der Waals surface area (Å²) in [4.78, 5) is 18.1. The molecular formula is C13H21N3O3. The summed E-state index contributed by atoms with van der Waals surface area (Å²) < 4.78 is 12.5. The van der Waals surface area contributed by atoms with Gasteiger partial charge in [-0.3, -0.25) is 4.79 Å². The molecule has 0 fully saturated rings. The first-order valence-corrected chi connectivity index (χ1v) is 6.58. The summed E-state index contributed by atoms with van der Waals surface area (Å²) in [6.07, 6.45) is 3.63. The molecule has 106 valence electrons. The average molecular weight is 267 g/mol. The summed E-state index contributed by atoms with van der Waals surface area (Å²) in [7, 11) is 1.69. The normalized spacial score (nSPS) is 19.1. The summed E-state index contributed by atoms with van der Waals surface area (Å²) in [6.45, 7) is 5.34. The van der Waals surface area contributed by atoms with Crippen molar-refractivity contribution in [2.24, 2.45) is 5.92 Å². The van der Waals surface area contributed by atoms with Crippen molar-refractivity contribution >= 4 is 5.91 Å². The van der Waals surface area contributed by atoms with Crippen LogP contribution in [0.25, 0.3) is 0 Å². The molecule has 0 saturated carbocycles. The summed E-state index contributed by atoms with van der Waals surface area (Å²) >= 11 is 0. The standard InChI is InChI=1S/C13H21N3O3/c1-3-19-9-13(17)15-5-11(8-18-2)6-16-10-14-4-12(16)7-15/h4,10-11H,3,5-9H2,1-2H3/t11-/m0/s1. The number of nitrogens with zero attached hydrogens (tertiary/aromatic N) is 3. The third kappa shape index (κ3) is 3.54. The zero-order valence-electron chi connectivity index (χ0n) is 11.5. The predicted octanol–water partition coefficient (Wildman–Crippen LogP) is 0.524. The van der Waals surface area contributed by atoms with Crippen molar-refractivity contribution in [3.63, 3.8) is 0 Å². The summed E-state index contributed by atoms with van der Waals surface area (Å²) in [5.74, 6) is 0.309. The molecule has 1 aliphatic heterocycles. The number of carbonyl (C=O) groups excluding carboxylic acids is 1. The van der Waals surface area contributed by atoms with Crippen molar-refractivity contribution in [2.45, 2.75) is 20.0 Å². The lowest BCUT2D eigenvalue weighted by atomic mass is 10.1. The highest BCUT2D eigenvalue weighted by molar-refractivity contribution is 5.77. The molecule has 0 aliphatic carbocycles. The van der Waals surface area contributed by atoms with Crippen LogP contribution in [0.2, 0.25) is 0 Å². The second-order valence-electron chi connectivity index (χ2n) is 4.77. The van der Waals surface area contributed by atoms with Gasteiger partial charge in [0.1, 0.15) is 6.61 Å². The molecule has 0 radical (unpaired) electrons. The number of hydrogen-bond acceptors (Lipinski definition) is 4. The van der Waals surface area contributed by atoms with E-state index in [0.717, 1.165) is 12.2 Å². The number of imidazole rings is 1. The molecule has 0 N–H and O–H groups in total. The molecule has 1 aromatic rings. The molecule has 1 atom stereocenters. The lowest BCUT2D eigenvalue weighted by molar-refractivity contribution is -0.137. The zero-order chi connectivity index (χ0) is 13.7. The molecule has 19 heavy (non-hydrogen) atoms. The molecule has 0 unspecified atom stereocenters. The Labute approximate surface area is 113 Å². The largest absolute Gasteiger partial charge is 0.384 e. The Balaban J connectivity index is 2.08. The maximum absolute atomic E-state index is 12.1. The molecule has 0 saturated heterocycles. The summed E-state index contributed by atoms with van der Waals surface area (Å²) in [6, 6.07) is 0. The van der Waals surface area contributed by atoms with E-state index < -0.39 is 0 Å². The summed E-state index contributed by atoms with van der Waals surface area (Å²) in [5.41, 5.74) is 1.06. The number of rotatable bonds is 5. The van der Waals surface area contributed by atoms with Crippen LogP contribution in [-0.2, 0) is 27.4 Å². The smallest absolute Gasteiger partial charge is 0.248 e. The van der Waals surface area contributed by atoms with Gasteiger partial charge in [0.05, 0.1) is 25.2 Å². The fourth-order valence-corrected chi connectivity index (χ4v) is 2.36. The first kappa shape index (κ1) is 14.0. The first-order chi connectivity index (χ1) is 9.24. The molecule has 1 aromatic heterocycles. The van der Waals surface area contributed by atoms with Gasteiger partial charge in [0.2, 0.25) is 5.91 Å². The van der Waals surface area contributed by atoms with Crippen molar-refractivity contribution in [3.8, 4) is 0 Å². The Hall–Kier alpha value is -1.40. The van der Waals surface area contributed by atoms with Crippen LogP contribution in [0.15, 0.2) is 12.5 Å². The van der Waals surface area contributed by atoms with E-state index >= 15 is 0 Å². The topological polar surface area (TPSA) is 56.6 Å². The van der Waals surface area contributed by atoms with E-state index in [-0.39, 0.29) is 18.4 Å². The fourth-order valence-electron chi connectivity index (χ4n) is 2.36. The van der Waals surface area contributed by atoms with Crippen molar-refractivity contribution in [3.05, 3.63) is 18.2 Å². The Morgan fingerprint density at radius 2 is 2.37 bits per heavy atom. The van der Waals surface area contributed by atoms with Crippen LogP contribution in [0.1, 0.15) is 12.6 Å². The molecule has 2 heterocycles. The maximum Gasteiger partial charge on any atom is 0.248 e. The minimum absolute atomic E-state index is 0.0256. The number of ether oxygens (including phenoxy) is 2. The SMILES string of the molecule is CCOCC(=O)N1Cc2cncn2C[C@@H](COC)C1. The Kier molecular flexibility index (Phi) is 4.93. The van der Waals surface area contributed by atoms with Crippen molar-refractivity contribution in [1.29, 1.82) is 0 Å². The van der Waals surface area contributed by atoms with Crippen molar-refractivity contribution in [2.75, 3.05) is 33.5 Å². The second kappa shape index (κ2) is 6.68. The quantitative estimate of drug-likeness (QED) is 0.780. The van der Waals surface area contributed by atoms with Gasteiger partial charge in [-0.15, -0.1) is 0 Å². The third-order valence-corrected chi connectivity index (χ3v) is 3.27. The highest BCUT2D eigenvalue weighted by atomic mass is 16.5. The molecule has 6 heteroatoms. The van der Waals surface area contributed by atoms with Crippen LogP contribution in [0.3, 0.4) is 0 Å². The van der Waals surface area contributed by atoms with Crippen LogP contribution in [0, 0.1) is 5.92 Å². The molecule has 2 rings (SSSR count). The van der Waals surface area contributed by atoms with Crippen molar-refractivity contribution < 1.29 is 14.3 Å². The Morgan fingerprint density at radius 1 is 1.53 bits per heavy atom. The highest BCUT2D eigenvalue weighted by Gasteiger charge is 2.25. The molecule has 6 nitrogen and oxygen atoms in total. The van der Waals surface area contributed by atoms with E-state index in [4.69, 9.17) is 9.47 Å². The van der Waals surface area contributed by atoms with E-state index in [9.17, 15) is 4.79 Å². The highest BCUT2D eigenvalue weighted by Crippen LogP contribution is 2.16. The van der Waals surface area contributed by atoms with E-state index in [2.05, 4.69) is 9.55 Å². The van der Waals surface area contributed by atoms with Crippen LogP contribution >= 0.6 is 0 Å². The lowest BCUT2D eigenvalue weighted by Gasteiger charge is -2.23. The Bertz CT molecular complexity index is 419. The number of methoxy groups -OCH3 is 1. The number of hydrogen-bond donors (Lipinski definition) is 0. The van der Waals surface area contributed by atoms with Gasteiger partial charge >= 0.3 is 0 Å². The van der Waals surface area contributed by atoms with E-state index in [1.807, 2.05) is 24.3 Å². The van der Waals surface area contributed by atoms with Gasteiger partial charge in [-0.1, -0.05) is 0 Å². The van der Waals surface area contributed by atoms with Crippen LogP contribution < -0.4 is 0 Å². The second-order valence-corrected chi connectivity index (χ2v) is 4.77. The van der Waals surface area contributed by atoms with Gasteiger partial charge in [-0.05, 0) is 6.92 Å². The molecular weight excluding hydrogens is 246 g/mol.